The van der Waals surface area contributed by atoms with E-state index in [0.29, 0.717) is 11.5 Å². The van der Waals surface area contributed by atoms with Gasteiger partial charge in [-0.25, -0.2) is 4.98 Å². The van der Waals surface area contributed by atoms with E-state index in [9.17, 15) is 4.79 Å². The largest absolute Gasteiger partial charge is 0.354 e. The molecule has 194 valence electrons. The van der Waals surface area contributed by atoms with E-state index in [1.54, 1.807) is 6.20 Å². The fourth-order valence-corrected chi connectivity index (χ4v) is 5.21. The van der Waals surface area contributed by atoms with Gasteiger partial charge in [0.1, 0.15) is 5.82 Å². The molecule has 1 aliphatic rings. The number of carbonyl (C=O) groups is 1. The lowest BCUT2D eigenvalue weighted by molar-refractivity contribution is 0.0952. The maximum Gasteiger partial charge on any atom is 0.252 e. The summed E-state index contributed by atoms with van der Waals surface area (Å²) in [6.45, 7) is 10.7. The maximum absolute atomic E-state index is 12.4. The van der Waals surface area contributed by atoms with Gasteiger partial charge >= 0.3 is 0 Å². The fourth-order valence-electron chi connectivity index (χ4n) is 4.67. The molecule has 1 fully saturated rings. The first-order valence-corrected chi connectivity index (χ1v) is 15.4. The number of piperazine rings is 1. The van der Waals surface area contributed by atoms with Gasteiger partial charge in [-0.1, -0.05) is 101 Å². The molecule has 0 bridgehead atoms. The second kappa shape index (κ2) is 18.4. The van der Waals surface area contributed by atoms with Gasteiger partial charge in [0.2, 0.25) is 0 Å². The van der Waals surface area contributed by atoms with Gasteiger partial charge in [0.25, 0.3) is 5.91 Å². The molecule has 0 unspecified atom stereocenters. The summed E-state index contributed by atoms with van der Waals surface area (Å²) in [5.74, 6) is 1.69. The van der Waals surface area contributed by atoms with E-state index < -0.39 is 0 Å². The summed E-state index contributed by atoms with van der Waals surface area (Å²) in [5, 5.41) is 3.06. The summed E-state index contributed by atoms with van der Waals surface area (Å²) >= 11 is 2.47. The van der Waals surface area contributed by atoms with Crippen molar-refractivity contribution < 1.29 is 4.79 Å². The molecule has 1 saturated heterocycles. The highest BCUT2D eigenvalue weighted by Crippen LogP contribution is 2.15. The Morgan fingerprint density at radius 3 is 1.94 bits per heavy atom. The van der Waals surface area contributed by atoms with E-state index in [1.165, 1.54) is 81.6 Å². The van der Waals surface area contributed by atoms with Crippen LogP contribution in [0.1, 0.15) is 101 Å². The Bertz CT molecular complexity index is 644. The highest BCUT2D eigenvalue weighted by atomic mass is 127. The highest BCUT2D eigenvalue weighted by molar-refractivity contribution is 14.1. The van der Waals surface area contributed by atoms with Crippen LogP contribution >= 0.6 is 22.6 Å². The number of unbranched alkanes of at least 4 members (excludes halogenated alkanes) is 11. The quantitative estimate of drug-likeness (QED) is 0.119. The van der Waals surface area contributed by atoms with Crippen molar-refractivity contribution >= 4 is 34.3 Å². The summed E-state index contributed by atoms with van der Waals surface area (Å²) in [6, 6.07) is 3.92. The summed E-state index contributed by atoms with van der Waals surface area (Å²) in [4.78, 5) is 21.9. The number of nitrogens with one attached hydrogen (secondary N) is 1. The molecule has 6 heteroatoms. The van der Waals surface area contributed by atoms with E-state index in [2.05, 4.69) is 56.5 Å². The van der Waals surface area contributed by atoms with Crippen LogP contribution in [0.25, 0.3) is 0 Å². The molecule has 1 amide bonds. The summed E-state index contributed by atoms with van der Waals surface area (Å²) in [7, 11) is 0. The van der Waals surface area contributed by atoms with Crippen molar-refractivity contribution in [3.63, 3.8) is 0 Å². The van der Waals surface area contributed by atoms with Crippen molar-refractivity contribution in [3.8, 4) is 0 Å². The number of anilines is 1. The lowest BCUT2D eigenvalue weighted by Gasteiger charge is -2.36. The van der Waals surface area contributed by atoms with Gasteiger partial charge in [-0.15, -0.1) is 0 Å². The van der Waals surface area contributed by atoms with E-state index in [4.69, 9.17) is 0 Å². The number of carbonyl (C=O) groups excluding carboxylic acids is 1. The van der Waals surface area contributed by atoms with Crippen molar-refractivity contribution in [3.05, 3.63) is 23.9 Å². The number of pyridine rings is 1. The first-order valence-electron chi connectivity index (χ1n) is 13.9. The third kappa shape index (κ3) is 12.7. The average Bonchev–Trinajstić information content (AvgIpc) is 2.84. The normalized spacial score (nSPS) is 14.6. The van der Waals surface area contributed by atoms with Crippen molar-refractivity contribution in [1.29, 1.82) is 0 Å². The lowest BCUT2D eigenvalue weighted by Crippen LogP contribution is -2.47. The number of alkyl halides is 1. The molecule has 0 atom stereocenters. The second-order valence-corrected chi connectivity index (χ2v) is 11.4. The summed E-state index contributed by atoms with van der Waals surface area (Å²) in [6.07, 6.45) is 17.8. The Morgan fingerprint density at radius 2 is 1.44 bits per heavy atom. The topological polar surface area (TPSA) is 48.5 Å². The van der Waals surface area contributed by atoms with Gasteiger partial charge < -0.3 is 10.2 Å². The van der Waals surface area contributed by atoms with Crippen molar-refractivity contribution in [2.45, 2.75) is 90.9 Å². The minimum atomic E-state index is -0.000657. The Labute approximate surface area is 223 Å². The van der Waals surface area contributed by atoms with Crippen molar-refractivity contribution in [1.82, 2.24) is 15.2 Å². The third-order valence-corrected chi connectivity index (χ3v) is 7.44. The molecular weight excluding hydrogens is 535 g/mol. The predicted octanol–water partition coefficient (Wildman–Crippen LogP) is 6.71. The number of rotatable bonds is 18. The molecule has 34 heavy (non-hydrogen) atoms. The lowest BCUT2D eigenvalue weighted by atomic mass is 10.1. The molecule has 1 aliphatic heterocycles. The average molecular weight is 585 g/mol. The molecule has 0 radical (unpaired) electrons. The van der Waals surface area contributed by atoms with Crippen LogP contribution in [0.3, 0.4) is 0 Å². The molecule has 0 aliphatic carbocycles. The van der Waals surface area contributed by atoms with Crippen LogP contribution in [-0.2, 0) is 0 Å². The zero-order valence-electron chi connectivity index (χ0n) is 21.9. The molecule has 2 heterocycles. The van der Waals surface area contributed by atoms with E-state index in [0.717, 1.165) is 45.0 Å². The minimum Gasteiger partial charge on any atom is -0.354 e. The van der Waals surface area contributed by atoms with Crippen molar-refractivity contribution in [2.24, 2.45) is 5.92 Å². The first-order chi connectivity index (χ1) is 16.6. The molecule has 2 rings (SSSR count). The number of amides is 1. The fraction of sp³-hybridized carbons (Fsp3) is 0.786. The van der Waals surface area contributed by atoms with Crippen LogP contribution < -0.4 is 10.2 Å². The Hall–Kier alpha value is -0.890. The molecule has 1 N–H and O–H groups in total. The first kappa shape index (κ1) is 29.3. The van der Waals surface area contributed by atoms with E-state index in [1.807, 2.05) is 12.1 Å². The Kier molecular flexibility index (Phi) is 15.9. The van der Waals surface area contributed by atoms with Crippen LogP contribution in [0.2, 0.25) is 0 Å². The monoisotopic (exact) mass is 584 g/mol. The summed E-state index contributed by atoms with van der Waals surface area (Å²) < 4.78 is 1.31. The molecule has 1 aromatic heterocycles. The van der Waals surface area contributed by atoms with Crippen LogP contribution in [-0.4, -0.2) is 59.5 Å². The van der Waals surface area contributed by atoms with Gasteiger partial charge in [-0.2, -0.15) is 0 Å². The molecule has 5 nitrogen and oxygen atoms in total. The number of nitrogens with zero attached hydrogens (tertiary/aromatic N) is 3. The minimum absolute atomic E-state index is 0.000657. The zero-order chi connectivity index (χ0) is 24.4. The highest BCUT2D eigenvalue weighted by Gasteiger charge is 2.18. The van der Waals surface area contributed by atoms with Gasteiger partial charge in [0.05, 0.1) is 5.56 Å². The summed E-state index contributed by atoms with van der Waals surface area (Å²) in [5.41, 5.74) is 0.663. The zero-order valence-corrected chi connectivity index (χ0v) is 24.0. The molecule has 0 saturated carbocycles. The standard InChI is InChI=1S/C28H49IN4O/c1-25(2)24-32-19-21-33(22-20-32)27-16-15-26(23-31-27)28(34)30-18-14-12-10-8-6-4-3-5-7-9-11-13-17-29/h15-16,23,25H,3-14,17-22,24H2,1-2H3,(H,30,34). The smallest absolute Gasteiger partial charge is 0.252 e. The van der Waals surface area contributed by atoms with E-state index >= 15 is 0 Å². The molecule has 0 aromatic carbocycles. The van der Waals surface area contributed by atoms with Gasteiger partial charge in [0, 0.05) is 45.5 Å². The van der Waals surface area contributed by atoms with Crippen LogP contribution in [0.4, 0.5) is 5.82 Å². The number of halogens is 1. The number of hydrogen-bond acceptors (Lipinski definition) is 4. The second-order valence-electron chi connectivity index (χ2n) is 10.3. The number of hydrogen-bond donors (Lipinski definition) is 1. The van der Waals surface area contributed by atoms with E-state index in [-0.39, 0.29) is 5.91 Å². The van der Waals surface area contributed by atoms with Crippen molar-refractivity contribution in [2.75, 3.05) is 48.6 Å². The maximum atomic E-state index is 12.4. The Morgan fingerprint density at radius 1 is 0.882 bits per heavy atom. The van der Waals surface area contributed by atoms with Crippen LogP contribution in [0, 0.1) is 5.92 Å². The van der Waals surface area contributed by atoms with Crippen LogP contribution in [0.5, 0.6) is 0 Å². The molecule has 0 spiro atoms. The van der Waals surface area contributed by atoms with Gasteiger partial charge in [0.15, 0.2) is 0 Å². The Balaban J connectivity index is 1.48. The van der Waals surface area contributed by atoms with Crippen LogP contribution in [0.15, 0.2) is 18.3 Å². The number of aromatic nitrogens is 1. The molecular formula is C28H49IN4O. The van der Waals surface area contributed by atoms with Gasteiger partial charge in [-0.3, -0.25) is 9.69 Å². The van der Waals surface area contributed by atoms with Gasteiger partial charge in [-0.05, 0) is 35.3 Å². The third-order valence-electron chi connectivity index (χ3n) is 6.68. The molecule has 1 aromatic rings. The SMILES string of the molecule is CC(C)CN1CCN(c2ccc(C(=O)NCCCCCCCCCCCCCCI)cn2)CC1. The predicted molar refractivity (Wildman–Crippen MR) is 154 cm³/mol.